The van der Waals surface area contributed by atoms with E-state index in [2.05, 4.69) is 0 Å². The highest BCUT2D eigenvalue weighted by Gasteiger charge is 2.43. The van der Waals surface area contributed by atoms with Gasteiger partial charge in [0.25, 0.3) is 5.91 Å². The highest BCUT2D eigenvalue weighted by molar-refractivity contribution is 5.99. The topological polar surface area (TPSA) is 87.4 Å². The van der Waals surface area contributed by atoms with Crippen molar-refractivity contribution in [3.05, 3.63) is 93.3 Å². The Bertz CT molecular complexity index is 1590. The number of carbonyl (C=O) groups is 1. The molecule has 6 rings (SSSR count). The predicted octanol–water partition coefficient (Wildman–Crippen LogP) is 5.45. The first-order valence-corrected chi connectivity index (χ1v) is 12.7. The second kappa shape index (κ2) is 9.78. The third-order valence-corrected chi connectivity index (χ3v) is 6.71. The third-order valence-electron chi connectivity index (χ3n) is 6.71. The minimum absolute atomic E-state index is 0.0590. The van der Waals surface area contributed by atoms with E-state index in [1.165, 1.54) is 0 Å². The van der Waals surface area contributed by atoms with Gasteiger partial charge in [-0.05, 0) is 60.9 Å². The Labute approximate surface area is 219 Å². The summed E-state index contributed by atoms with van der Waals surface area (Å²) in [4.78, 5) is 29.3. The molecule has 4 aromatic rings. The van der Waals surface area contributed by atoms with Crippen LogP contribution in [0, 0.1) is 0 Å². The normalized spacial score (nSPS) is 15.7. The standard InChI is InChI=1S/C30H27NO7/c1-3-13-35-22-12-10-19(15-25(22)34-4-2)27-26-28(32)20-7-5-6-8-21(20)38-29(26)30(33)31(27)16-18-9-11-23-24(14-18)37-17-36-23/h5-12,14-15,27H,3-4,13,16-17H2,1-2H3. The first-order chi connectivity index (χ1) is 18.6. The molecular formula is C30H27NO7. The number of nitrogens with zero attached hydrogens (tertiary/aromatic N) is 1. The molecule has 0 saturated carbocycles. The molecule has 1 amide bonds. The van der Waals surface area contributed by atoms with E-state index in [4.69, 9.17) is 23.4 Å². The second-order valence-electron chi connectivity index (χ2n) is 9.18. The van der Waals surface area contributed by atoms with Crippen LogP contribution in [0.3, 0.4) is 0 Å². The number of benzene rings is 3. The summed E-state index contributed by atoms with van der Waals surface area (Å²) < 4.78 is 28.8. The van der Waals surface area contributed by atoms with Crippen LogP contribution in [0.1, 0.15) is 53.6 Å². The number of fused-ring (bicyclic) bond motifs is 3. The van der Waals surface area contributed by atoms with Crippen LogP contribution in [-0.2, 0) is 6.54 Å². The first-order valence-electron chi connectivity index (χ1n) is 12.7. The zero-order valence-electron chi connectivity index (χ0n) is 21.2. The lowest BCUT2D eigenvalue weighted by molar-refractivity contribution is 0.0714. The lowest BCUT2D eigenvalue weighted by Crippen LogP contribution is -2.29. The highest BCUT2D eigenvalue weighted by atomic mass is 16.7. The van der Waals surface area contributed by atoms with E-state index in [1.54, 1.807) is 29.2 Å². The van der Waals surface area contributed by atoms with Gasteiger partial charge in [-0.3, -0.25) is 9.59 Å². The molecule has 8 heteroatoms. The Hall–Kier alpha value is -4.46. The van der Waals surface area contributed by atoms with Crippen LogP contribution in [-0.4, -0.2) is 30.8 Å². The summed E-state index contributed by atoms with van der Waals surface area (Å²) >= 11 is 0. The SMILES string of the molecule is CCCOc1ccc(C2c3c(oc4ccccc4c3=O)C(=O)N2Cc2ccc3c(c2)OCO3)cc1OCC. The van der Waals surface area contributed by atoms with E-state index in [1.807, 2.05) is 50.2 Å². The molecule has 0 fully saturated rings. The maximum atomic E-state index is 13.8. The van der Waals surface area contributed by atoms with Crippen LogP contribution in [0.5, 0.6) is 23.0 Å². The Kier molecular flexibility index (Phi) is 6.15. The van der Waals surface area contributed by atoms with Crippen molar-refractivity contribution in [2.24, 2.45) is 0 Å². The molecule has 1 aromatic heterocycles. The van der Waals surface area contributed by atoms with Crippen LogP contribution < -0.4 is 24.4 Å². The molecule has 0 radical (unpaired) electrons. The molecule has 0 bridgehead atoms. The average Bonchev–Trinajstić information content (AvgIpc) is 3.51. The Balaban J connectivity index is 1.49. The minimum Gasteiger partial charge on any atom is -0.490 e. The second-order valence-corrected chi connectivity index (χ2v) is 9.18. The van der Waals surface area contributed by atoms with Gasteiger partial charge in [0, 0.05) is 6.54 Å². The summed E-state index contributed by atoms with van der Waals surface area (Å²) in [6.45, 7) is 5.33. The van der Waals surface area contributed by atoms with Crippen LogP contribution in [0.2, 0.25) is 0 Å². The van der Waals surface area contributed by atoms with E-state index in [-0.39, 0.29) is 30.4 Å². The Morgan fingerprint density at radius 1 is 0.921 bits per heavy atom. The zero-order valence-corrected chi connectivity index (χ0v) is 21.2. The number of hydrogen-bond donors (Lipinski definition) is 0. The van der Waals surface area contributed by atoms with Gasteiger partial charge < -0.3 is 28.3 Å². The molecule has 8 nitrogen and oxygen atoms in total. The number of hydrogen-bond acceptors (Lipinski definition) is 7. The quantitative estimate of drug-likeness (QED) is 0.309. The molecule has 0 saturated heterocycles. The minimum atomic E-state index is -0.678. The van der Waals surface area contributed by atoms with Gasteiger partial charge in [-0.1, -0.05) is 31.2 Å². The van der Waals surface area contributed by atoms with Gasteiger partial charge in [0.05, 0.1) is 30.2 Å². The molecule has 0 N–H and O–H groups in total. The van der Waals surface area contributed by atoms with Gasteiger partial charge in [-0.2, -0.15) is 0 Å². The van der Waals surface area contributed by atoms with Crippen molar-refractivity contribution in [1.82, 2.24) is 4.90 Å². The fourth-order valence-corrected chi connectivity index (χ4v) is 5.01. The zero-order chi connectivity index (χ0) is 26.2. The smallest absolute Gasteiger partial charge is 0.291 e. The van der Waals surface area contributed by atoms with Crippen molar-refractivity contribution < 1.29 is 28.2 Å². The predicted molar refractivity (Wildman–Crippen MR) is 140 cm³/mol. The monoisotopic (exact) mass is 513 g/mol. The molecule has 2 aliphatic rings. The largest absolute Gasteiger partial charge is 0.490 e. The van der Waals surface area contributed by atoms with Crippen LogP contribution in [0.4, 0.5) is 0 Å². The summed E-state index contributed by atoms with van der Waals surface area (Å²) in [6.07, 6.45) is 0.856. The lowest BCUT2D eigenvalue weighted by Gasteiger charge is -2.26. The van der Waals surface area contributed by atoms with Crippen LogP contribution >= 0.6 is 0 Å². The first kappa shape index (κ1) is 23.9. The van der Waals surface area contributed by atoms with Gasteiger partial charge in [-0.15, -0.1) is 0 Å². The van der Waals surface area contributed by atoms with Crippen molar-refractivity contribution in [3.63, 3.8) is 0 Å². The average molecular weight is 514 g/mol. The van der Waals surface area contributed by atoms with Gasteiger partial charge >= 0.3 is 0 Å². The van der Waals surface area contributed by atoms with Gasteiger partial charge in [0.15, 0.2) is 28.4 Å². The molecule has 2 aliphatic heterocycles. The van der Waals surface area contributed by atoms with E-state index in [0.717, 1.165) is 17.5 Å². The maximum Gasteiger partial charge on any atom is 0.291 e. The summed E-state index contributed by atoms with van der Waals surface area (Å²) in [7, 11) is 0. The molecule has 1 unspecified atom stereocenters. The molecule has 3 heterocycles. The molecule has 194 valence electrons. The fourth-order valence-electron chi connectivity index (χ4n) is 5.01. The van der Waals surface area contributed by atoms with Gasteiger partial charge in [0.1, 0.15) is 5.58 Å². The Morgan fingerprint density at radius 2 is 1.76 bits per heavy atom. The maximum absolute atomic E-state index is 13.8. The molecule has 0 spiro atoms. The molecular weight excluding hydrogens is 486 g/mol. The fraction of sp³-hybridized carbons (Fsp3) is 0.267. The molecule has 1 atom stereocenters. The third kappa shape index (κ3) is 4.02. The molecule has 0 aliphatic carbocycles. The van der Waals surface area contributed by atoms with Crippen molar-refractivity contribution in [3.8, 4) is 23.0 Å². The number of para-hydroxylation sites is 1. The number of rotatable bonds is 8. The summed E-state index contributed by atoms with van der Waals surface area (Å²) in [5.41, 5.74) is 2.04. The lowest BCUT2D eigenvalue weighted by atomic mass is 9.97. The van der Waals surface area contributed by atoms with Crippen molar-refractivity contribution in [2.45, 2.75) is 32.9 Å². The van der Waals surface area contributed by atoms with E-state index < -0.39 is 6.04 Å². The summed E-state index contributed by atoms with van der Waals surface area (Å²) in [6, 6.07) is 17.4. The van der Waals surface area contributed by atoms with E-state index in [0.29, 0.717) is 52.7 Å². The number of amides is 1. The van der Waals surface area contributed by atoms with Crippen LogP contribution in [0.25, 0.3) is 11.0 Å². The van der Waals surface area contributed by atoms with E-state index >= 15 is 0 Å². The van der Waals surface area contributed by atoms with E-state index in [9.17, 15) is 9.59 Å². The number of carbonyl (C=O) groups excluding carboxylic acids is 1. The van der Waals surface area contributed by atoms with Crippen molar-refractivity contribution in [2.75, 3.05) is 20.0 Å². The number of ether oxygens (including phenoxy) is 4. The highest BCUT2D eigenvalue weighted by Crippen LogP contribution is 2.42. The van der Waals surface area contributed by atoms with Crippen molar-refractivity contribution in [1.29, 1.82) is 0 Å². The molecule has 3 aromatic carbocycles. The summed E-state index contributed by atoms with van der Waals surface area (Å²) in [5, 5.41) is 0.432. The van der Waals surface area contributed by atoms with Crippen molar-refractivity contribution >= 4 is 16.9 Å². The van der Waals surface area contributed by atoms with Crippen LogP contribution in [0.15, 0.2) is 69.9 Å². The Morgan fingerprint density at radius 3 is 2.61 bits per heavy atom. The van der Waals surface area contributed by atoms with Gasteiger partial charge in [0.2, 0.25) is 12.6 Å². The molecule has 38 heavy (non-hydrogen) atoms. The summed E-state index contributed by atoms with van der Waals surface area (Å²) in [5.74, 6) is 2.17. The van der Waals surface area contributed by atoms with Gasteiger partial charge in [-0.25, -0.2) is 0 Å².